The number of nitrogens with zero attached hydrogens (tertiary/aromatic N) is 3. The van der Waals surface area contributed by atoms with Crippen LogP contribution >= 0.6 is 0 Å². The Balaban J connectivity index is 1.72. The lowest BCUT2D eigenvalue weighted by atomic mass is 10.1. The van der Waals surface area contributed by atoms with Crippen molar-refractivity contribution >= 4 is 5.82 Å². The summed E-state index contributed by atoms with van der Waals surface area (Å²) >= 11 is 0. The van der Waals surface area contributed by atoms with Crippen molar-refractivity contribution in [1.29, 1.82) is 5.26 Å². The Labute approximate surface area is 111 Å². The molecule has 1 aliphatic rings. The molecule has 19 heavy (non-hydrogen) atoms. The standard InChI is InChI=1S/C14H15N5/c15-7-11-6-10-2-1-3-13(10)19-14(11)17-5-4-12-8-16-9-18-12/h6,8-9H,1-5H2,(H,16,18)(H,17,19). The molecular weight excluding hydrogens is 238 g/mol. The number of rotatable bonds is 4. The highest BCUT2D eigenvalue weighted by Gasteiger charge is 2.16. The van der Waals surface area contributed by atoms with Crippen LogP contribution in [0.25, 0.3) is 0 Å². The van der Waals surface area contributed by atoms with Crippen molar-refractivity contribution in [2.75, 3.05) is 11.9 Å². The smallest absolute Gasteiger partial charge is 0.144 e. The molecule has 0 amide bonds. The van der Waals surface area contributed by atoms with E-state index in [0.717, 1.165) is 43.6 Å². The number of aromatic amines is 1. The Hall–Kier alpha value is -2.35. The molecule has 1 aliphatic carbocycles. The number of hydrogen-bond acceptors (Lipinski definition) is 4. The Morgan fingerprint density at radius 3 is 3.16 bits per heavy atom. The van der Waals surface area contributed by atoms with Crippen molar-refractivity contribution in [3.63, 3.8) is 0 Å². The summed E-state index contributed by atoms with van der Waals surface area (Å²) in [6, 6.07) is 4.20. The summed E-state index contributed by atoms with van der Waals surface area (Å²) in [6.07, 6.45) is 7.53. The van der Waals surface area contributed by atoms with Gasteiger partial charge in [-0.05, 0) is 30.9 Å². The van der Waals surface area contributed by atoms with Gasteiger partial charge in [0.25, 0.3) is 0 Å². The minimum Gasteiger partial charge on any atom is -0.369 e. The third kappa shape index (κ3) is 2.43. The second-order valence-electron chi connectivity index (χ2n) is 4.71. The molecule has 2 heterocycles. The van der Waals surface area contributed by atoms with Gasteiger partial charge in [0.05, 0.1) is 11.9 Å². The number of nitrogens with one attached hydrogen (secondary N) is 2. The van der Waals surface area contributed by atoms with Gasteiger partial charge in [0, 0.05) is 30.6 Å². The monoisotopic (exact) mass is 253 g/mol. The molecule has 2 N–H and O–H groups in total. The molecule has 0 saturated carbocycles. The average molecular weight is 253 g/mol. The minimum absolute atomic E-state index is 0.644. The van der Waals surface area contributed by atoms with Crippen LogP contribution in [0.15, 0.2) is 18.6 Å². The van der Waals surface area contributed by atoms with Crippen molar-refractivity contribution in [3.05, 3.63) is 41.1 Å². The second-order valence-corrected chi connectivity index (χ2v) is 4.71. The predicted octanol–water partition coefficient (Wildman–Crippen LogP) is 1.82. The van der Waals surface area contributed by atoms with E-state index >= 15 is 0 Å². The number of aryl methyl sites for hydroxylation is 2. The van der Waals surface area contributed by atoms with E-state index in [1.54, 1.807) is 6.33 Å². The van der Waals surface area contributed by atoms with Crippen LogP contribution in [0.2, 0.25) is 0 Å². The zero-order valence-electron chi connectivity index (χ0n) is 10.6. The maximum atomic E-state index is 9.19. The van der Waals surface area contributed by atoms with E-state index < -0.39 is 0 Å². The van der Waals surface area contributed by atoms with Crippen LogP contribution in [0.5, 0.6) is 0 Å². The third-order valence-corrected chi connectivity index (χ3v) is 3.41. The van der Waals surface area contributed by atoms with Gasteiger partial charge in [0.1, 0.15) is 11.9 Å². The largest absolute Gasteiger partial charge is 0.369 e. The van der Waals surface area contributed by atoms with Crippen LogP contribution in [0.3, 0.4) is 0 Å². The lowest BCUT2D eigenvalue weighted by Gasteiger charge is -2.09. The first-order valence-electron chi connectivity index (χ1n) is 6.51. The first-order chi connectivity index (χ1) is 9.36. The summed E-state index contributed by atoms with van der Waals surface area (Å²) in [4.78, 5) is 11.6. The molecule has 96 valence electrons. The quantitative estimate of drug-likeness (QED) is 0.871. The molecule has 0 bridgehead atoms. The highest BCUT2D eigenvalue weighted by atomic mass is 15.0. The maximum Gasteiger partial charge on any atom is 0.144 e. The fourth-order valence-corrected chi connectivity index (χ4v) is 2.43. The number of anilines is 1. The minimum atomic E-state index is 0.644. The van der Waals surface area contributed by atoms with Crippen LogP contribution in [0, 0.1) is 11.3 Å². The molecular formula is C14H15N5. The normalized spacial score (nSPS) is 13.0. The van der Waals surface area contributed by atoms with E-state index in [2.05, 4.69) is 26.3 Å². The van der Waals surface area contributed by atoms with Gasteiger partial charge in [-0.3, -0.25) is 0 Å². The number of nitriles is 1. The molecule has 0 atom stereocenters. The highest BCUT2D eigenvalue weighted by molar-refractivity contribution is 5.55. The molecule has 0 spiro atoms. The molecule has 0 unspecified atom stereocenters. The first kappa shape index (κ1) is 11.7. The number of pyridine rings is 1. The Kier molecular flexibility index (Phi) is 3.15. The first-order valence-corrected chi connectivity index (χ1v) is 6.51. The van der Waals surface area contributed by atoms with E-state index in [9.17, 15) is 5.26 Å². The van der Waals surface area contributed by atoms with Crippen molar-refractivity contribution in [2.45, 2.75) is 25.7 Å². The Morgan fingerprint density at radius 2 is 2.37 bits per heavy atom. The molecule has 5 heteroatoms. The van der Waals surface area contributed by atoms with Gasteiger partial charge in [-0.1, -0.05) is 0 Å². The van der Waals surface area contributed by atoms with Crippen LogP contribution in [0.1, 0.15) is 28.9 Å². The summed E-state index contributed by atoms with van der Waals surface area (Å²) in [5.74, 6) is 0.711. The van der Waals surface area contributed by atoms with E-state index in [1.807, 2.05) is 12.3 Å². The van der Waals surface area contributed by atoms with Crippen molar-refractivity contribution < 1.29 is 0 Å². The topological polar surface area (TPSA) is 77.4 Å². The number of imidazole rings is 1. The lowest BCUT2D eigenvalue weighted by Crippen LogP contribution is -2.09. The molecule has 0 fully saturated rings. The molecule has 0 radical (unpaired) electrons. The molecule has 3 rings (SSSR count). The summed E-state index contributed by atoms with van der Waals surface area (Å²) < 4.78 is 0. The van der Waals surface area contributed by atoms with Gasteiger partial charge >= 0.3 is 0 Å². The van der Waals surface area contributed by atoms with Gasteiger partial charge in [-0.2, -0.15) is 5.26 Å². The maximum absolute atomic E-state index is 9.19. The van der Waals surface area contributed by atoms with E-state index in [-0.39, 0.29) is 0 Å². The van der Waals surface area contributed by atoms with Gasteiger partial charge in [-0.15, -0.1) is 0 Å². The zero-order chi connectivity index (χ0) is 13.1. The number of aromatic nitrogens is 3. The third-order valence-electron chi connectivity index (χ3n) is 3.41. The predicted molar refractivity (Wildman–Crippen MR) is 71.8 cm³/mol. The molecule has 0 saturated heterocycles. The number of fused-ring (bicyclic) bond motifs is 1. The van der Waals surface area contributed by atoms with Crippen LogP contribution < -0.4 is 5.32 Å². The lowest BCUT2D eigenvalue weighted by molar-refractivity contribution is 0.897. The van der Waals surface area contributed by atoms with Gasteiger partial charge in [0.2, 0.25) is 0 Å². The average Bonchev–Trinajstić information content (AvgIpc) is 3.08. The van der Waals surface area contributed by atoms with Gasteiger partial charge in [-0.25, -0.2) is 9.97 Å². The SMILES string of the molecule is N#Cc1cc2c(nc1NCCc1cnc[nH]1)CCC2. The highest BCUT2D eigenvalue weighted by Crippen LogP contribution is 2.24. The van der Waals surface area contributed by atoms with E-state index in [1.165, 1.54) is 5.56 Å². The fourth-order valence-electron chi connectivity index (χ4n) is 2.43. The van der Waals surface area contributed by atoms with Crippen LogP contribution in [-0.4, -0.2) is 21.5 Å². The second kappa shape index (κ2) is 5.11. The summed E-state index contributed by atoms with van der Waals surface area (Å²) in [6.45, 7) is 0.739. The summed E-state index contributed by atoms with van der Waals surface area (Å²) in [5.41, 5.74) is 4.09. The molecule has 0 aromatic carbocycles. The zero-order valence-corrected chi connectivity index (χ0v) is 10.6. The Morgan fingerprint density at radius 1 is 1.42 bits per heavy atom. The fraction of sp³-hybridized carbons (Fsp3) is 0.357. The summed E-state index contributed by atoms with van der Waals surface area (Å²) in [5, 5.41) is 12.4. The summed E-state index contributed by atoms with van der Waals surface area (Å²) in [7, 11) is 0. The van der Waals surface area contributed by atoms with Crippen molar-refractivity contribution in [2.24, 2.45) is 0 Å². The number of H-pyrrole nitrogens is 1. The molecule has 2 aromatic rings. The van der Waals surface area contributed by atoms with E-state index in [0.29, 0.717) is 11.4 Å². The van der Waals surface area contributed by atoms with Crippen LogP contribution in [0.4, 0.5) is 5.82 Å². The van der Waals surface area contributed by atoms with Crippen LogP contribution in [-0.2, 0) is 19.3 Å². The van der Waals surface area contributed by atoms with Crippen molar-refractivity contribution in [1.82, 2.24) is 15.0 Å². The molecule has 2 aromatic heterocycles. The van der Waals surface area contributed by atoms with Gasteiger partial charge in [0.15, 0.2) is 0 Å². The van der Waals surface area contributed by atoms with Crippen molar-refractivity contribution in [3.8, 4) is 6.07 Å². The number of hydrogen-bond donors (Lipinski definition) is 2. The Bertz CT molecular complexity index is 610. The molecule has 5 nitrogen and oxygen atoms in total. The van der Waals surface area contributed by atoms with E-state index in [4.69, 9.17) is 0 Å². The molecule has 0 aliphatic heterocycles. The van der Waals surface area contributed by atoms with Gasteiger partial charge < -0.3 is 10.3 Å².